The first-order valence-electron chi connectivity index (χ1n) is 17.1. The molecule has 4 atom stereocenters. The van der Waals surface area contributed by atoms with Crippen molar-refractivity contribution in [1.29, 1.82) is 0 Å². The molecule has 3 N–H and O–H groups in total. The molecule has 10 nitrogen and oxygen atoms in total. The minimum absolute atomic E-state index is 0.00836. The number of esters is 1. The van der Waals surface area contributed by atoms with Crippen molar-refractivity contribution in [2.75, 3.05) is 26.3 Å². The van der Waals surface area contributed by atoms with Crippen molar-refractivity contribution in [3.05, 3.63) is 108 Å². The van der Waals surface area contributed by atoms with E-state index in [0.717, 1.165) is 35.1 Å². The molecule has 49 heavy (non-hydrogen) atoms. The maximum atomic E-state index is 13.6. The van der Waals surface area contributed by atoms with Gasteiger partial charge in [0.15, 0.2) is 0 Å². The van der Waals surface area contributed by atoms with E-state index in [1.54, 1.807) is 17.0 Å². The monoisotopic (exact) mass is 665 g/mol. The van der Waals surface area contributed by atoms with E-state index in [1.165, 1.54) is 0 Å². The lowest BCUT2D eigenvalue weighted by Gasteiger charge is -2.26. The number of ether oxygens (including phenoxy) is 2. The maximum absolute atomic E-state index is 13.6. The van der Waals surface area contributed by atoms with Gasteiger partial charge in [-0.25, -0.2) is 9.59 Å². The molecule has 0 spiro atoms. The molecular formula is C39H43N3O7. The van der Waals surface area contributed by atoms with Gasteiger partial charge < -0.3 is 30.1 Å². The zero-order valence-corrected chi connectivity index (χ0v) is 27.5. The SMILES string of the molecule is O=C(NC1CCC=CCC(CC(=O)N2CCCC2CO)C(=O)NCC(c2ccccc2)OC1=O)OCC1c2ccccc2-c2ccccc21. The Hall–Kier alpha value is -4.96. The van der Waals surface area contributed by atoms with Crippen molar-refractivity contribution in [2.24, 2.45) is 5.92 Å². The van der Waals surface area contributed by atoms with Gasteiger partial charge in [0.05, 0.1) is 25.1 Å². The van der Waals surface area contributed by atoms with Gasteiger partial charge in [-0.1, -0.05) is 91.0 Å². The highest BCUT2D eigenvalue weighted by atomic mass is 16.6. The van der Waals surface area contributed by atoms with Gasteiger partial charge in [-0.15, -0.1) is 0 Å². The van der Waals surface area contributed by atoms with Crippen LogP contribution < -0.4 is 10.6 Å². The second-order valence-corrected chi connectivity index (χ2v) is 12.9. The molecule has 2 heterocycles. The van der Waals surface area contributed by atoms with Crippen LogP contribution in [0.3, 0.4) is 0 Å². The Bertz CT molecular complexity index is 1630. The standard InChI is InChI=1S/C39H43N3O7/c43-24-28-15-11-21-42(28)36(44)22-27-14-5-2-6-20-34(38(46)49-35(23-40-37(27)45)26-12-3-1-4-13-26)41-39(47)48-25-33-31-18-9-7-16-29(31)30-17-8-10-19-32(30)33/h1-5,7-10,12-13,16-19,27-28,33-35,43H,6,11,14-15,20-25H2,(H,40,45)(H,41,47). The van der Waals surface area contributed by atoms with Gasteiger partial charge in [-0.05, 0) is 59.9 Å². The summed E-state index contributed by atoms with van der Waals surface area (Å²) in [7, 11) is 0. The van der Waals surface area contributed by atoms with E-state index >= 15 is 0 Å². The number of carbonyl (C=O) groups excluding carboxylic acids is 4. The average Bonchev–Trinajstić information content (AvgIpc) is 3.74. The smallest absolute Gasteiger partial charge is 0.407 e. The van der Waals surface area contributed by atoms with Crippen LogP contribution in [0.15, 0.2) is 91.0 Å². The first-order valence-corrected chi connectivity index (χ1v) is 17.1. The molecular weight excluding hydrogens is 622 g/mol. The van der Waals surface area contributed by atoms with Crippen molar-refractivity contribution in [2.45, 2.75) is 62.6 Å². The second-order valence-electron chi connectivity index (χ2n) is 12.9. The zero-order valence-electron chi connectivity index (χ0n) is 27.5. The van der Waals surface area contributed by atoms with Crippen LogP contribution in [0, 0.1) is 5.92 Å². The van der Waals surface area contributed by atoms with Gasteiger partial charge in [0, 0.05) is 18.9 Å². The molecule has 3 aromatic rings. The van der Waals surface area contributed by atoms with Crippen LogP contribution in [-0.4, -0.2) is 72.3 Å². The number of nitrogens with one attached hydrogen (secondary N) is 2. The van der Waals surface area contributed by atoms with Crippen LogP contribution in [0.25, 0.3) is 11.1 Å². The predicted octanol–water partition coefficient (Wildman–Crippen LogP) is 5.02. The molecule has 4 unspecified atom stereocenters. The summed E-state index contributed by atoms with van der Waals surface area (Å²) in [4.78, 5) is 55.1. The minimum Gasteiger partial charge on any atom is -0.454 e. The zero-order chi connectivity index (χ0) is 34.2. The molecule has 3 amide bonds. The Morgan fingerprint density at radius 2 is 1.61 bits per heavy atom. The third-order valence-corrected chi connectivity index (χ3v) is 9.72. The number of aliphatic hydroxyl groups excluding tert-OH is 1. The van der Waals surface area contributed by atoms with E-state index in [1.807, 2.05) is 66.7 Å². The minimum atomic E-state index is -0.995. The number of alkyl carbamates (subject to hydrolysis) is 1. The lowest BCUT2D eigenvalue weighted by atomic mass is 9.98. The first kappa shape index (κ1) is 33.9. The fraction of sp³-hybridized carbons (Fsp3) is 0.385. The van der Waals surface area contributed by atoms with Gasteiger partial charge >= 0.3 is 12.1 Å². The molecule has 6 rings (SSSR count). The van der Waals surface area contributed by atoms with Crippen LogP contribution in [0.2, 0.25) is 0 Å². The Morgan fingerprint density at radius 3 is 2.33 bits per heavy atom. The van der Waals surface area contributed by atoms with E-state index in [4.69, 9.17) is 9.47 Å². The fourth-order valence-electron chi connectivity index (χ4n) is 7.09. The molecule has 10 heteroatoms. The van der Waals surface area contributed by atoms with Gasteiger partial charge in [0.25, 0.3) is 0 Å². The third-order valence-electron chi connectivity index (χ3n) is 9.72. The number of fused-ring (bicyclic) bond motifs is 3. The summed E-state index contributed by atoms with van der Waals surface area (Å²) < 4.78 is 11.7. The topological polar surface area (TPSA) is 134 Å². The Kier molecular flexibility index (Phi) is 11.0. The van der Waals surface area contributed by atoms with E-state index in [2.05, 4.69) is 22.8 Å². The molecule has 0 saturated carbocycles. The van der Waals surface area contributed by atoms with Crippen LogP contribution in [0.5, 0.6) is 0 Å². The van der Waals surface area contributed by atoms with Crippen LogP contribution >= 0.6 is 0 Å². The number of cyclic esters (lactones) is 1. The molecule has 1 aliphatic carbocycles. The van der Waals surface area contributed by atoms with E-state index in [9.17, 15) is 24.3 Å². The first-order chi connectivity index (χ1) is 23.9. The van der Waals surface area contributed by atoms with Crippen molar-refractivity contribution >= 4 is 23.9 Å². The number of likely N-dealkylation sites (tertiary alicyclic amines) is 1. The van der Waals surface area contributed by atoms with Gasteiger partial charge in [0.2, 0.25) is 11.8 Å². The van der Waals surface area contributed by atoms with Crippen LogP contribution in [0.4, 0.5) is 4.79 Å². The van der Waals surface area contributed by atoms with Gasteiger partial charge in [-0.2, -0.15) is 0 Å². The third kappa shape index (κ3) is 8.03. The number of rotatable bonds is 7. The molecule has 0 bridgehead atoms. The highest BCUT2D eigenvalue weighted by Gasteiger charge is 2.33. The van der Waals surface area contributed by atoms with E-state index in [-0.39, 0.29) is 56.4 Å². The number of amides is 3. The lowest BCUT2D eigenvalue weighted by Crippen LogP contribution is -2.44. The largest absolute Gasteiger partial charge is 0.454 e. The second kappa shape index (κ2) is 16.0. The number of aliphatic hydroxyl groups is 1. The average molecular weight is 666 g/mol. The highest BCUT2D eigenvalue weighted by molar-refractivity contribution is 5.86. The summed E-state index contributed by atoms with van der Waals surface area (Å²) in [6.07, 6.45) is 4.71. The summed E-state index contributed by atoms with van der Waals surface area (Å²) in [5, 5.41) is 15.3. The number of nitrogens with zero attached hydrogens (tertiary/aromatic N) is 1. The molecule has 256 valence electrons. The number of carbonyl (C=O) groups is 4. The number of hydrogen-bond acceptors (Lipinski definition) is 7. The maximum Gasteiger partial charge on any atom is 0.407 e. The number of benzene rings is 3. The predicted molar refractivity (Wildman–Crippen MR) is 183 cm³/mol. The summed E-state index contributed by atoms with van der Waals surface area (Å²) in [6, 6.07) is 24.0. The lowest BCUT2D eigenvalue weighted by molar-refractivity contribution is -0.152. The summed E-state index contributed by atoms with van der Waals surface area (Å²) in [5.74, 6) is -1.87. The molecule has 1 fully saturated rings. The highest BCUT2D eigenvalue weighted by Crippen LogP contribution is 2.44. The molecule has 2 aliphatic heterocycles. The summed E-state index contributed by atoms with van der Waals surface area (Å²) in [5.41, 5.74) is 5.09. The van der Waals surface area contributed by atoms with Crippen LogP contribution in [-0.2, 0) is 23.9 Å². The number of allylic oxidation sites excluding steroid dienone is 2. The fourth-order valence-corrected chi connectivity index (χ4v) is 7.09. The van der Waals surface area contributed by atoms with Crippen molar-refractivity contribution in [3.63, 3.8) is 0 Å². The summed E-state index contributed by atoms with van der Waals surface area (Å²) in [6.45, 7) is 0.566. The molecule has 0 aromatic heterocycles. The van der Waals surface area contributed by atoms with Gasteiger partial charge in [-0.3, -0.25) is 9.59 Å². The van der Waals surface area contributed by atoms with Crippen molar-refractivity contribution in [1.82, 2.24) is 15.5 Å². The Balaban J connectivity index is 1.14. The van der Waals surface area contributed by atoms with Crippen LogP contribution in [0.1, 0.15) is 67.2 Å². The van der Waals surface area contributed by atoms with E-state index < -0.39 is 30.1 Å². The normalized spacial score (nSPS) is 22.8. The molecule has 3 aliphatic rings. The molecule has 0 radical (unpaired) electrons. The molecule has 3 aromatic carbocycles. The van der Waals surface area contributed by atoms with E-state index in [0.29, 0.717) is 24.9 Å². The Morgan fingerprint density at radius 1 is 0.918 bits per heavy atom. The van der Waals surface area contributed by atoms with Crippen molar-refractivity contribution in [3.8, 4) is 11.1 Å². The van der Waals surface area contributed by atoms with Gasteiger partial charge in [0.1, 0.15) is 18.8 Å². The quantitative estimate of drug-likeness (QED) is 0.238. The number of hydrogen-bond donors (Lipinski definition) is 3. The van der Waals surface area contributed by atoms with Crippen molar-refractivity contribution < 1.29 is 33.8 Å². The summed E-state index contributed by atoms with van der Waals surface area (Å²) >= 11 is 0. The molecule has 1 saturated heterocycles. The Labute approximate surface area is 286 Å².